The molecule has 4 rings (SSSR count). The first kappa shape index (κ1) is 36.0. The van der Waals surface area contributed by atoms with Gasteiger partial charge in [-0.2, -0.15) is 0 Å². The van der Waals surface area contributed by atoms with Gasteiger partial charge in [-0.3, -0.25) is 4.79 Å². The summed E-state index contributed by atoms with van der Waals surface area (Å²) in [7, 11) is 0. The van der Waals surface area contributed by atoms with Crippen molar-refractivity contribution in [2.45, 2.75) is 118 Å². The number of carbonyl (C=O) groups is 1. The van der Waals surface area contributed by atoms with E-state index in [1.807, 2.05) is 30.3 Å². The Kier molecular flexibility index (Phi) is 13.4. The van der Waals surface area contributed by atoms with Gasteiger partial charge in [-0.05, 0) is 37.8 Å². The summed E-state index contributed by atoms with van der Waals surface area (Å²) in [4.78, 5) is 12.8. The molecule has 2 saturated heterocycles. The van der Waals surface area contributed by atoms with Gasteiger partial charge in [0.15, 0.2) is 12.6 Å². The molecule has 1 aromatic rings. The molecule has 1 saturated carbocycles. The van der Waals surface area contributed by atoms with E-state index in [1.54, 1.807) is 0 Å². The minimum absolute atomic E-state index is 0.00107. The molecule has 15 N–H and O–H groups in total. The highest BCUT2D eigenvalue weighted by atomic mass is 16.7. The maximum absolute atomic E-state index is 12.8. The number of hydrogen-bond donors (Lipinski definition) is 11. The summed E-state index contributed by atoms with van der Waals surface area (Å²) in [6.45, 7) is 0.00826. The molecular weight excluding hydrogens is 592 g/mol. The Balaban J connectivity index is 1.55. The molecule has 45 heavy (non-hydrogen) atoms. The molecule has 16 heteroatoms. The Morgan fingerprint density at radius 2 is 1.67 bits per heavy atom. The second kappa shape index (κ2) is 16.8. The molecule has 0 bridgehead atoms. The zero-order valence-electron chi connectivity index (χ0n) is 25.2. The lowest BCUT2D eigenvalue weighted by Gasteiger charge is -2.49. The van der Waals surface area contributed by atoms with E-state index in [0.717, 1.165) is 5.56 Å². The molecule has 3 aliphatic rings. The maximum Gasteiger partial charge on any atom is 0.249 e. The fourth-order valence-electron chi connectivity index (χ4n) is 6.07. The number of aliphatic hydroxyl groups excluding tert-OH is 5. The van der Waals surface area contributed by atoms with Crippen LogP contribution < -0.4 is 33.6 Å². The molecule has 1 aliphatic carbocycles. The molecular formula is C29H50N6O10. The van der Waals surface area contributed by atoms with Crippen LogP contribution in [0.15, 0.2) is 30.3 Å². The number of nitrogens with two attached hydrogens (primary N) is 4. The van der Waals surface area contributed by atoms with Gasteiger partial charge in [0.05, 0.1) is 30.8 Å². The second-order valence-corrected chi connectivity index (χ2v) is 12.0. The van der Waals surface area contributed by atoms with Crippen molar-refractivity contribution < 1.29 is 49.3 Å². The second-order valence-electron chi connectivity index (χ2n) is 12.0. The van der Waals surface area contributed by atoms with E-state index < -0.39 is 92.0 Å². The van der Waals surface area contributed by atoms with Crippen LogP contribution in [0, 0.1) is 0 Å². The molecule has 1 amide bonds. The van der Waals surface area contributed by atoms with Crippen molar-refractivity contribution in [2.75, 3.05) is 19.7 Å². The molecule has 2 aliphatic heterocycles. The van der Waals surface area contributed by atoms with Crippen LogP contribution in [0.2, 0.25) is 0 Å². The lowest BCUT2D eigenvalue weighted by atomic mass is 9.83. The molecule has 0 radical (unpaired) electrons. The van der Waals surface area contributed by atoms with Crippen LogP contribution in [-0.2, 0) is 30.3 Å². The average Bonchev–Trinajstić information content (AvgIpc) is 3.03. The summed E-state index contributed by atoms with van der Waals surface area (Å²) in [6.07, 6.45) is -10.7. The monoisotopic (exact) mass is 642 g/mol. The molecule has 16 nitrogen and oxygen atoms in total. The third-order valence-electron chi connectivity index (χ3n) is 8.70. The van der Waals surface area contributed by atoms with E-state index in [4.69, 9.17) is 41.9 Å². The van der Waals surface area contributed by atoms with Crippen molar-refractivity contribution >= 4 is 5.91 Å². The Labute approximate surface area is 262 Å². The standard InChI is InChI=1S/C29H50N6O10/c30-9-8-19(37)27(41)35-18-10-17(33)25(44-28-16(32)7-6-15(11-31)42-28)24(40)26(18)45-29-23(39)21(22(38)20(13-36)43-29)34-12-14-4-2-1-3-5-14/h1-5,15-26,28-29,34,36-40H,6-13,30-33H2,(H,35,41)/t15-,16?,17-,18+,19-,20?,21-,22+,23?,24?,25?,26-,28+,29+/m0/s1. The van der Waals surface area contributed by atoms with E-state index in [-0.39, 0.29) is 38.6 Å². The van der Waals surface area contributed by atoms with Crippen LogP contribution in [0.3, 0.4) is 0 Å². The quantitative estimate of drug-likeness (QED) is 0.0966. The van der Waals surface area contributed by atoms with Crippen molar-refractivity contribution in [1.82, 2.24) is 10.6 Å². The summed E-state index contributed by atoms with van der Waals surface area (Å²) in [5.41, 5.74) is 24.9. The highest BCUT2D eigenvalue weighted by molar-refractivity contribution is 5.80. The number of benzene rings is 1. The first-order valence-corrected chi connectivity index (χ1v) is 15.5. The summed E-state index contributed by atoms with van der Waals surface area (Å²) in [5, 5.41) is 59.8. The lowest BCUT2D eigenvalue weighted by molar-refractivity contribution is -0.316. The van der Waals surface area contributed by atoms with E-state index in [0.29, 0.717) is 12.8 Å². The zero-order valence-corrected chi connectivity index (χ0v) is 25.2. The molecule has 2 heterocycles. The van der Waals surface area contributed by atoms with Crippen LogP contribution in [-0.4, -0.2) is 137 Å². The normalized spacial score (nSPS) is 39.7. The first-order valence-electron chi connectivity index (χ1n) is 15.5. The minimum atomic E-state index is -1.51. The van der Waals surface area contributed by atoms with E-state index in [2.05, 4.69) is 10.6 Å². The highest BCUT2D eigenvalue weighted by Gasteiger charge is 2.51. The largest absolute Gasteiger partial charge is 0.394 e. The molecule has 14 atom stereocenters. The van der Waals surface area contributed by atoms with E-state index in [9.17, 15) is 30.3 Å². The summed E-state index contributed by atoms with van der Waals surface area (Å²) in [5.74, 6) is -0.752. The van der Waals surface area contributed by atoms with Crippen LogP contribution in [0.1, 0.15) is 31.2 Å². The number of carbonyl (C=O) groups excluding carboxylic acids is 1. The van der Waals surface area contributed by atoms with E-state index >= 15 is 0 Å². The van der Waals surface area contributed by atoms with Gasteiger partial charge in [-0.25, -0.2) is 0 Å². The Morgan fingerprint density at radius 1 is 0.956 bits per heavy atom. The third-order valence-corrected chi connectivity index (χ3v) is 8.70. The SMILES string of the molecule is NCC[C@H](O)C(=O)N[C@@H]1C[C@H](N)C(O[C@H]2O[C@H](CN)CCC2N)C(O)[C@H]1O[C@H]1OC(CO)[C@@H](O)[C@H](NCc2ccccc2)C1O. The van der Waals surface area contributed by atoms with Crippen LogP contribution in [0.5, 0.6) is 0 Å². The number of aliphatic hydroxyl groups is 5. The van der Waals surface area contributed by atoms with Gasteiger partial charge >= 0.3 is 0 Å². The Morgan fingerprint density at radius 3 is 2.33 bits per heavy atom. The van der Waals surface area contributed by atoms with Gasteiger partial charge < -0.3 is 78.0 Å². The highest BCUT2D eigenvalue weighted by Crippen LogP contribution is 2.32. The first-order chi connectivity index (χ1) is 21.6. The topological polar surface area (TPSA) is 283 Å². The maximum atomic E-state index is 12.8. The van der Waals surface area contributed by atoms with Crippen molar-refractivity contribution in [3.8, 4) is 0 Å². The Hall–Kier alpha value is -1.87. The van der Waals surface area contributed by atoms with Gasteiger partial charge in [0.2, 0.25) is 5.91 Å². The van der Waals surface area contributed by atoms with Crippen molar-refractivity contribution in [3.05, 3.63) is 35.9 Å². The predicted molar refractivity (Wildman–Crippen MR) is 160 cm³/mol. The van der Waals surface area contributed by atoms with Crippen molar-refractivity contribution in [3.63, 3.8) is 0 Å². The number of ether oxygens (including phenoxy) is 4. The fourth-order valence-corrected chi connectivity index (χ4v) is 6.07. The summed E-state index contributed by atoms with van der Waals surface area (Å²) in [6, 6.07) is 5.98. The van der Waals surface area contributed by atoms with Crippen LogP contribution in [0.25, 0.3) is 0 Å². The van der Waals surface area contributed by atoms with Crippen LogP contribution in [0.4, 0.5) is 0 Å². The van der Waals surface area contributed by atoms with Gasteiger partial charge in [0.25, 0.3) is 0 Å². The number of rotatable bonds is 13. The number of hydrogen-bond acceptors (Lipinski definition) is 15. The summed E-state index contributed by atoms with van der Waals surface area (Å²) >= 11 is 0. The average molecular weight is 643 g/mol. The third kappa shape index (κ3) is 8.94. The Bertz CT molecular complexity index is 1050. The summed E-state index contributed by atoms with van der Waals surface area (Å²) < 4.78 is 24.0. The van der Waals surface area contributed by atoms with Crippen molar-refractivity contribution in [2.24, 2.45) is 22.9 Å². The number of nitrogens with one attached hydrogen (secondary N) is 2. The van der Waals surface area contributed by atoms with Gasteiger partial charge in [0, 0.05) is 19.1 Å². The lowest BCUT2D eigenvalue weighted by Crippen LogP contribution is -2.69. The molecule has 0 spiro atoms. The predicted octanol–water partition coefficient (Wildman–Crippen LogP) is -4.57. The van der Waals surface area contributed by atoms with Crippen molar-refractivity contribution in [1.29, 1.82) is 0 Å². The molecule has 1 aromatic carbocycles. The van der Waals surface area contributed by atoms with Crippen LogP contribution >= 0.6 is 0 Å². The zero-order chi connectivity index (χ0) is 32.7. The minimum Gasteiger partial charge on any atom is -0.394 e. The van der Waals surface area contributed by atoms with E-state index in [1.165, 1.54) is 0 Å². The molecule has 5 unspecified atom stereocenters. The molecule has 0 aromatic heterocycles. The number of amides is 1. The van der Waals surface area contributed by atoms with Gasteiger partial charge in [-0.1, -0.05) is 30.3 Å². The molecule has 3 fully saturated rings. The van der Waals surface area contributed by atoms with Gasteiger partial charge in [0.1, 0.15) is 42.7 Å². The van der Waals surface area contributed by atoms with Gasteiger partial charge in [-0.15, -0.1) is 0 Å². The fraction of sp³-hybridized carbons (Fsp3) is 0.759. The smallest absolute Gasteiger partial charge is 0.249 e. The molecule has 256 valence electrons.